The third-order valence-corrected chi connectivity index (χ3v) is 3.68. The first-order chi connectivity index (χ1) is 8.81. The van der Waals surface area contributed by atoms with Gasteiger partial charge >= 0.3 is 0 Å². The van der Waals surface area contributed by atoms with E-state index in [4.69, 9.17) is 12.2 Å². The van der Waals surface area contributed by atoms with E-state index in [1.54, 1.807) is 17.5 Å². The van der Waals surface area contributed by atoms with Crippen molar-refractivity contribution in [2.75, 3.05) is 5.32 Å². The second kappa shape index (κ2) is 4.99. The molecule has 0 radical (unpaired) electrons. The summed E-state index contributed by atoms with van der Waals surface area (Å²) in [5.41, 5.74) is 0.914. The molecular weight excluding hydrogens is 264 g/mol. The lowest BCUT2D eigenvalue weighted by Crippen LogP contribution is -2.30. The van der Waals surface area contributed by atoms with Crippen molar-refractivity contribution >= 4 is 34.6 Å². The average Bonchev–Trinajstić information content (AvgIpc) is 3.00. The van der Waals surface area contributed by atoms with Gasteiger partial charge in [0.1, 0.15) is 0 Å². The molecule has 92 valence electrons. The molecule has 1 aliphatic rings. The Labute approximate surface area is 114 Å². The van der Waals surface area contributed by atoms with Crippen LogP contribution in [0.4, 0.5) is 5.95 Å². The Kier molecular flexibility index (Phi) is 3.21. The van der Waals surface area contributed by atoms with Gasteiger partial charge in [0.05, 0.1) is 10.6 Å². The number of nitrogens with zero attached hydrogens (tertiary/aromatic N) is 2. The molecule has 0 spiro atoms. The number of thiocarbonyl (C=S) groups is 1. The molecule has 2 N–H and O–H groups in total. The predicted octanol–water partition coefficient (Wildman–Crippen LogP) is 2.65. The van der Waals surface area contributed by atoms with Gasteiger partial charge in [0, 0.05) is 12.2 Å². The van der Waals surface area contributed by atoms with Gasteiger partial charge in [-0.25, -0.2) is 9.97 Å². The molecule has 2 aromatic heterocycles. The van der Waals surface area contributed by atoms with Crippen molar-refractivity contribution in [1.82, 2.24) is 15.3 Å². The van der Waals surface area contributed by atoms with E-state index in [1.165, 1.54) is 12.8 Å². The van der Waals surface area contributed by atoms with Crippen molar-refractivity contribution in [3.8, 4) is 10.6 Å². The van der Waals surface area contributed by atoms with Gasteiger partial charge in [-0.15, -0.1) is 11.3 Å². The zero-order chi connectivity index (χ0) is 12.4. The van der Waals surface area contributed by atoms with Crippen molar-refractivity contribution in [2.24, 2.45) is 0 Å². The Bertz CT molecular complexity index is 549. The summed E-state index contributed by atoms with van der Waals surface area (Å²) in [6.07, 6.45) is 4.12. The highest BCUT2D eigenvalue weighted by molar-refractivity contribution is 7.80. The Hall–Kier alpha value is -1.53. The van der Waals surface area contributed by atoms with Gasteiger partial charge < -0.3 is 10.6 Å². The van der Waals surface area contributed by atoms with Gasteiger partial charge in [0.25, 0.3) is 0 Å². The van der Waals surface area contributed by atoms with Crippen LogP contribution in [0.1, 0.15) is 12.8 Å². The van der Waals surface area contributed by atoms with Gasteiger partial charge in [0.2, 0.25) is 5.95 Å². The molecule has 0 atom stereocenters. The molecule has 1 aliphatic carbocycles. The van der Waals surface area contributed by atoms with E-state index >= 15 is 0 Å². The van der Waals surface area contributed by atoms with Crippen molar-refractivity contribution < 1.29 is 0 Å². The molecule has 0 saturated heterocycles. The lowest BCUT2D eigenvalue weighted by atomic mass is 10.3. The molecule has 18 heavy (non-hydrogen) atoms. The molecule has 1 fully saturated rings. The summed E-state index contributed by atoms with van der Waals surface area (Å²) in [5, 5.41) is 8.85. The third kappa shape index (κ3) is 2.83. The molecule has 0 bridgehead atoms. The highest BCUT2D eigenvalue weighted by Crippen LogP contribution is 2.23. The number of rotatable bonds is 3. The molecule has 0 unspecified atom stereocenters. The maximum Gasteiger partial charge on any atom is 0.229 e. The zero-order valence-electron chi connectivity index (χ0n) is 9.59. The number of anilines is 1. The molecule has 3 rings (SSSR count). The van der Waals surface area contributed by atoms with Crippen LogP contribution in [0.3, 0.4) is 0 Å². The van der Waals surface area contributed by atoms with E-state index < -0.39 is 0 Å². The average molecular weight is 276 g/mol. The Morgan fingerprint density at radius 2 is 2.28 bits per heavy atom. The highest BCUT2D eigenvalue weighted by atomic mass is 32.1. The minimum atomic E-state index is 0.533. The standard InChI is InChI=1S/C12H12N4S2/c17-12(14-8-3-4-8)16-11-13-6-5-9(15-11)10-2-1-7-18-10/h1-2,5-8H,3-4H2,(H2,13,14,15,16,17). The first-order valence-electron chi connectivity index (χ1n) is 5.76. The molecule has 2 aromatic rings. The van der Waals surface area contributed by atoms with Crippen LogP contribution in [0, 0.1) is 0 Å². The summed E-state index contributed by atoms with van der Waals surface area (Å²) < 4.78 is 0. The van der Waals surface area contributed by atoms with Crippen LogP contribution in [0.15, 0.2) is 29.8 Å². The van der Waals surface area contributed by atoms with Crippen LogP contribution < -0.4 is 10.6 Å². The molecule has 0 aliphatic heterocycles. The van der Waals surface area contributed by atoms with E-state index in [0.29, 0.717) is 17.1 Å². The number of thiophene rings is 1. The summed E-state index contributed by atoms with van der Waals surface area (Å²) in [6, 6.07) is 6.48. The number of aromatic nitrogens is 2. The fourth-order valence-corrected chi connectivity index (χ4v) is 2.48. The number of hydrogen-bond acceptors (Lipinski definition) is 4. The summed E-state index contributed by atoms with van der Waals surface area (Å²) >= 11 is 6.85. The van der Waals surface area contributed by atoms with Crippen LogP contribution in [-0.2, 0) is 0 Å². The third-order valence-electron chi connectivity index (χ3n) is 2.57. The number of nitrogens with one attached hydrogen (secondary N) is 2. The second-order valence-corrected chi connectivity index (χ2v) is 5.47. The lowest BCUT2D eigenvalue weighted by molar-refractivity contribution is 0.916. The van der Waals surface area contributed by atoms with Crippen LogP contribution in [0.5, 0.6) is 0 Å². The molecule has 1 saturated carbocycles. The SMILES string of the molecule is S=C(Nc1nccc(-c2cccs2)n1)NC1CC1. The van der Waals surface area contributed by atoms with E-state index in [0.717, 1.165) is 10.6 Å². The summed E-state index contributed by atoms with van der Waals surface area (Å²) in [5.74, 6) is 0.541. The second-order valence-electron chi connectivity index (χ2n) is 4.12. The maximum absolute atomic E-state index is 5.20. The monoisotopic (exact) mass is 276 g/mol. The fourth-order valence-electron chi connectivity index (χ4n) is 1.53. The van der Waals surface area contributed by atoms with Crippen molar-refractivity contribution in [1.29, 1.82) is 0 Å². The van der Waals surface area contributed by atoms with E-state index in [9.17, 15) is 0 Å². The fraction of sp³-hybridized carbons (Fsp3) is 0.250. The Morgan fingerprint density at radius 1 is 1.39 bits per heavy atom. The summed E-state index contributed by atoms with van der Waals surface area (Å²) in [6.45, 7) is 0. The van der Waals surface area contributed by atoms with Crippen molar-refractivity contribution in [3.63, 3.8) is 0 Å². The Balaban J connectivity index is 1.72. The van der Waals surface area contributed by atoms with E-state index in [1.807, 2.05) is 23.6 Å². The van der Waals surface area contributed by atoms with Gasteiger partial charge in [-0.2, -0.15) is 0 Å². The predicted molar refractivity (Wildman–Crippen MR) is 77.7 cm³/mol. The largest absolute Gasteiger partial charge is 0.360 e. The van der Waals surface area contributed by atoms with Crippen molar-refractivity contribution in [2.45, 2.75) is 18.9 Å². The lowest BCUT2D eigenvalue weighted by Gasteiger charge is -2.08. The molecule has 2 heterocycles. The van der Waals surface area contributed by atoms with Gasteiger partial charge in [-0.05, 0) is 42.6 Å². The van der Waals surface area contributed by atoms with Crippen LogP contribution in [0.25, 0.3) is 10.6 Å². The molecule has 0 aromatic carbocycles. The van der Waals surface area contributed by atoms with Crippen LogP contribution >= 0.6 is 23.6 Å². The van der Waals surface area contributed by atoms with E-state index in [-0.39, 0.29) is 0 Å². The molecule has 6 heteroatoms. The van der Waals surface area contributed by atoms with Gasteiger partial charge in [0.15, 0.2) is 5.11 Å². The normalized spacial score (nSPS) is 14.2. The van der Waals surface area contributed by atoms with Crippen LogP contribution in [-0.4, -0.2) is 21.1 Å². The Morgan fingerprint density at radius 3 is 3.00 bits per heavy atom. The zero-order valence-corrected chi connectivity index (χ0v) is 11.2. The van der Waals surface area contributed by atoms with Gasteiger partial charge in [-0.3, -0.25) is 0 Å². The molecule has 4 nitrogen and oxygen atoms in total. The van der Waals surface area contributed by atoms with Crippen LogP contribution in [0.2, 0.25) is 0 Å². The van der Waals surface area contributed by atoms with Gasteiger partial charge in [-0.1, -0.05) is 6.07 Å². The van der Waals surface area contributed by atoms with E-state index in [2.05, 4.69) is 20.6 Å². The quantitative estimate of drug-likeness (QED) is 0.844. The topological polar surface area (TPSA) is 49.8 Å². The first-order valence-corrected chi connectivity index (χ1v) is 7.04. The maximum atomic E-state index is 5.20. The molecular formula is C12H12N4S2. The number of hydrogen-bond donors (Lipinski definition) is 2. The minimum absolute atomic E-state index is 0.533. The van der Waals surface area contributed by atoms with Crippen molar-refractivity contribution in [3.05, 3.63) is 29.8 Å². The minimum Gasteiger partial charge on any atom is -0.360 e. The molecule has 0 amide bonds. The summed E-state index contributed by atoms with van der Waals surface area (Å²) in [7, 11) is 0. The highest BCUT2D eigenvalue weighted by Gasteiger charge is 2.21. The summed E-state index contributed by atoms with van der Waals surface area (Å²) in [4.78, 5) is 9.74. The first kappa shape index (κ1) is 11.6. The smallest absolute Gasteiger partial charge is 0.229 e.